The first-order valence-corrected chi connectivity index (χ1v) is 8.45. The molecule has 1 unspecified atom stereocenters. The average Bonchev–Trinajstić information content (AvgIpc) is 3.34. The van der Waals surface area contributed by atoms with Crippen molar-refractivity contribution in [1.82, 2.24) is 5.32 Å². The van der Waals surface area contributed by atoms with Gasteiger partial charge in [-0.05, 0) is 69.7 Å². The normalized spacial score (nSPS) is 16.8. The summed E-state index contributed by atoms with van der Waals surface area (Å²) in [5.41, 5.74) is -0.400. The highest BCUT2D eigenvalue weighted by Crippen LogP contribution is 2.45. The molecule has 2 N–H and O–H groups in total. The standard InChI is InChI=1S/C19H27NO5/c1-18(2,3)25-16(21)11-20-19(4,17(22)23)13-8-9-15(24-5)14(10-13)12-6-7-12/h8-10,12,20H,6-7,11H2,1-5H3,(H,22,23). The third kappa shape index (κ3) is 4.72. The lowest BCUT2D eigenvalue weighted by molar-refractivity contribution is -0.154. The van der Waals surface area contributed by atoms with E-state index in [0.29, 0.717) is 11.5 Å². The fourth-order valence-corrected chi connectivity index (χ4v) is 2.69. The van der Waals surface area contributed by atoms with Crippen molar-refractivity contribution in [2.24, 2.45) is 0 Å². The third-order valence-electron chi connectivity index (χ3n) is 4.26. The molecule has 1 aliphatic carbocycles. The second-order valence-corrected chi connectivity index (χ2v) is 7.60. The molecule has 0 aliphatic heterocycles. The molecule has 0 radical (unpaired) electrons. The number of carboxylic acids is 1. The molecule has 6 nitrogen and oxygen atoms in total. The first-order chi connectivity index (χ1) is 11.6. The fourth-order valence-electron chi connectivity index (χ4n) is 2.69. The topological polar surface area (TPSA) is 84.9 Å². The number of benzene rings is 1. The number of ether oxygens (including phenoxy) is 2. The van der Waals surface area contributed by atoms with Crippen LogP contribution in [0.3, 0.4) is 0 Å². The Morgan fingerprint density at radius 1 is 1.24 bits per heavy atom. The van der Waals surface area contributed by atoms with Gasteiger partial charge >= 0.3 is 11.9 Å². The van der Waals surface area contributed by atoms with Gasteiger partial charge in [-0.15, -0.1) is 0 Å². The summed E-state index contributed by atoms with van der Waals surface area (Å²) < 4.78 is 10.6. The van der Waals surface area contributed by atoms with E-state index in [1.165, 1.54) is 0 Å². The third-order valence-corrected chi connectivity index (χ3v) is 4.26. The molecule has 1 aromatic rings. The van der Waals surface area contributed by atoms with Crippen molar-refractivity contribution in [1.29, 1.82) is 0 Å². The van der Waals surface area contributed by atoms with Gasteiger partial charge < -0.3 is 14.6 Å². The maximum Gasteiger partial charge on any atom is 0.328 e. The zero-order chi connectivity index (χ0) is 18.8. The first kappa shape index (κ1) is 19.2. The van der Waals surface area contributed by atoms with Gasteiger partial charge in [-0.3, -0.25) is 10.1 Å². The summed E-state index contributed by atoms with van der Waals surface area (Å²) in [6, 6.07) is 5.38. The summed E-state index contributed by atoms with van der Waals surface area (Å²) >= 11 is 0. The minimum absolute atomic E-state index is 0.190. The van der Waals surface area contributed by atoms with E-state index in [0.717, 1.165) is 24.2 Å². The first-order valence-electron chi connectivity index (χ1n) is 8.45. The monoisotopic (exact) mass is 349 g/mol. The van der Waals surface area contributed by atoms with Gasteiger partial charge in [0.15, 0.2) is 0 Å². The molecular formula is C19H27NO5. The summed E-state index contributed by atoms with van der Waals surface area (Å²) in [5.74, 6) is -0.358. The Labute approximate surface area is 148 Å². The Balaban J connectivity index is 2.23. The van der Waals surface area contributed by atoms with Crippen molar-refractivity contribution in [2.75, 3.05) is 13.7 Å². The number of nitrogens with one attached hydrogen (secondary N) is 1. The second-order valence-electron chi connectivity index (χ2n) is 7.60. The molecule has 1 atom stereocenters. The van der Waals surface area contributed by atoms with E-state index in [2.05, 4.69) is 5.32 Å². The van der Waals surface area contributed by atoms with Crippen LogP contribution in [0, 0.1) is 0 Å². The van der Waals surface area contributed by atoms with Crippen molar-refractivity contribution in [3.8, 4) is 5.75 Å². The van der Waals surface area contributed by atoms with Crippen molar-refractivity contribution >= 4 is 11.9 Å². The Bertz CT molecular complexity index is 660. The van der Waals surface area contributed by atoms with E-state index in [9.17, 15) is 14.7 Å². The lowest BCUT2D eigenvalue weighted by Crippen LogP contribution is -2.49. The highest BCUT2D eigenvalue weighted by molar-refractivity contribution is 5.82. The van der Waals surface area contributed by atoms with Crippen LogP contribution in [-0.2, 0) is 19.9 Å². The molecule has 0 heterocycles. The number of methoxy groups -OCH3 is 1. The van der Waals surface area contributed by atoms with Gasteiger partial charge in [-0.1, -0.05) is 6.07 Å². The summed E-state index contributed by atoms with van der Waals surface area (Å²) in [5, 5.41) is 12.6. The smallest absolute Gasteiger partial charge is 0.328 e. The highest BCUT2D eigenvalue weighted by atomic mass is 16.6. The van der Waals surface area contributed by atoms with Crippen molar-refractivity contribution in [3.05, 3.63) is 29.3 Å². The van der Waals surface area contributed by atoms with Gasteiger partial charge in [0.2, 0.25) is 0 Å². The maximum absolute atomic E-state index is 11.9. The number of aliphatic carboxylic acids is 1. The van der Waals surface area contributed by atoms with Crippen LogP contribution in [0.2, 0.25) is 0 Å². The van der Waals surface area contributed by atoms with Crippen LogP contribution >= 0.6 is 0 Å². The van der Waals surface area contributed by atoms with Gasteiger partial charge in [-0.25, -0.2) is 4.79 Å². The molecule has 0 bridgehead atoms. The Morgan fingerprint density at radius 2 is 1.88 bits per heavy atom. The minimum Gasteiger partial charge on any atom is -0.496 e. The second kappa shape index (κ2) is 7.04. The van der Waals surface area contributed by atoms with E-state index in [1.807, 2.05) is 6.07 Å². The summed E-state index contributed by atoms with van der Waals surface area (Å²) in [6.45, 7) is 6.68. The molecule has 1 aromatic carbocycles. The van der Waals surface area contributed by atoms with E-state index < -0.39 is 23.1 Å². The van der Waals surface area contributed by atoms with Crippen LogP contribution in [0.1, 0.15) is 57.6 Å². The van der Waals surface area contributed by atoms with Crippen LogP contribution in [0.15, 0.2) is 18.2 Å². The lowest BCUT2D eigenvalue weighted by atomic mass is 9.89. The molecule has 0 amide bonds. The molecule has 1 aliphatic rings. The predicted octanol–water partition coefficient (Wildman–Crippen LogP) is 2.80. The minimum atomic E-state index is -1.40. The van der Waals surface area contributed by atoms with Crippen LogP contribution in [-0.4, -0.2) is 36.3 Å². The number of carbonyl (C=O) groups excluding carboxylic acids is 1. The molecular weight excluding hydrogens is 322 g/mol. The Kier molecular flexibility index (Phi) is 5.42. The number of rotatable bonds is 7. The maximum atomic E-state index is 11.9. The molecule has 2 rings (SSSR count). The lowest BCUT2D eigenvalue weighted by Gasteiger charge is -2.28. The fraction of sp³-hybridized carbons (Fsp3) is 0.579. The van der Waals surface area contributed by atoms with Gasteiger partial charge in [-0.2, -0.15) is 0 Å². The van der Waals surface area contributed by atoms with E-state index in [-0.39, 0.29) is 6.54 Å². The summed E-state index contributed by atoms with van der Waals surface area (Å²) in [6.07, 6.45) is 2.16. The Morgan fingerprint density at radius 3 is 2.36 bits per heavy atom. The molecule has 0 spiro atoms. The highest BCUT2D eigenvalue weighted by Gasteiger charge is 2.37. The number of hydrogen-bond donors (Lipinski definition) is 2. The SMILES string of the molecule is COc1ccc(C(C)(NCC(=O)OC(C)(C)C)C(=O)O)cc1C1CC1. The van der Waals surface area contributed by atoms with Gasteiger partial charge in [0.1, 0.15) is 16.9 Å². The molecule has 1 saturated carbocycles. The number of carboxylic acid groups (broad SMARTS) is 1. The van der Waals surface area contributed by atoms with E-state index in [4.69, 9.17) is 9.47 Å². The quantitative estimate of drug-likeness (QED) is 0.736. The largest absolute Gasteiger partial charge is 0.496 e. The van der Waals surface area contributed by atoms with Crippen molar-refractivity contribution in [3.63, 3.8) is 0 Å². The number of esters is 1. The van der Waals surface area contributed by atoms with Gasteiger partial charge in [0.05, 0.1) is 13.7 Å². The summed E-state index contributed by atoms with van der Waals surface area (Å²) in [4.78, 5) is 23.9. The zero-order valence-corrected chi connectivity index (χ0v) is 15.5. The molecule has 0 aromatic heterocycles. The summed E-state index contributed by atoms with van der Waals surface area (Å²) in [7, 11) is 1.61. The van der Waals surface area contributed by atoms with E-state index >= 15 is 0 Å². The molecule has 1 fully saturated rings. The van der Waals surface area contributed by atoms with Gasteiger partial charge in [0.25, 0.3) is 0 Å². The average molecular weight is 349 g/mol. The van der Waals surface area contributed by atoms with Crippen LogP contribution in [0.25, 0.3) is 0 Å². The van der Waals surface area contributed by atoms with Gasteiger partial charge in [0, 0.05) is 0 Å². The molecule has 0 saturated heterocycles. The Hall–Kier alpha value is -2.08. The predicted molar refractivity (Wildman–Crippen MR) is 93.8 cm³/mol. The van der Waals surface area contributed by atoms with Crippen molar-refractivity contribution < 1.29 is 24.2 Å². The van der Waals surface area contributed by atoms with Crippen LogP contribution in [0.4, 0.5) is 0 Å². The number of carbonyl (C=O) groups is 2. The number of hydrogen-bond acceptors (Lipinski definition) is 5. The molecule has 138 valence electrons. The van der Waals surface area contributed by atoms with E-state index in [1.54, 1.807) is 46.9 Å². The molecule has 25 heavy (non-hydrogen) atoms. The van der Waals surface area contributed by atoms with Crippen LogP contribution < -0.4 is 10.1 Å². The zero-order valence-electron chi connectivity index (χ0n) is 15.5. The van der Waals surface area contributed by atoms with Crippen LogP contribution in [0.5, 0.6) is 5.75 Å². The molecule has 6 heteroatoms. The van der Waals surface area contributed by atoms with Crippen molar-refractivity contribution in [2.45, 2.75) is 57.6 Å².